The third-order valence-corrected chi connectivity index (χ3v) is 5.99. The predicted octanol–water partition coefficient (Wildman–Crippen LogP) is 3.73. The van der Waals surface area contributed by atoms with Gasteiger partial charge in [-0.25, -0.2) is 4.98 Å². The number of hydrogen-bond donors (Lipinski definition) is 0. The first-order chi connectivity index (χ1) is 15.1. The van der Waals surface area contributed by atoms with Crippen LogP contribution < -0.4 is 9.64 Å². The summed E-state index contributed by atoms with van der Waals surface area (Å²) in [7, 11) is 2.01. The zero-order valence-corrected chi connectivity index (χ0v) is 18.3. The molecule has 5 rings (SSSR count). The maximum atomic E-state index is 5.91. The van der Waals surface area contributed by atoms with Crippen LogP contribution in [0.4, 0.5) is 5.82 Å². The highest BCUT2D eigenvalue weighted by Gasteiger charge is 2.26. The molecule has 1 fully saturated rings. The Kier molecular flexibility index (Phi) is 5.18. The maximum absolute atomic E-state index is 5.91. The van der Waals surface area contributed by atoms with Crippen LogP contribution in [0.1, 0.15) is 55.1 Å². The Morgan fingerprint density at radius 3 is 2.87 bits per heavy atom. The largest absolute Gasteiger partial charge is 0.491 e. The molecule has 2 aliphatic rings. The highest BCUT2D eigenvalue weighted by atomic mass is 16.5. The van der Waals surface area contributed by atoms with Gasteiger partial charge in [-0.3, -0.25) is 4.99 Å². The normalized spacial score (nSPS) is 18.3. The van der Waals surface area contributed by atoms with Crippen LogP contribution >= 0.6 is 0 Å². The molecule has 1 saturated heterocycles. The lowest BCUT2D eigenvalue weighted by atomic mass is 9.96. The summed E-state index contributed by atoms with van der Waals surface area (Å²) in [4.78, 5) is 11.9. The minimum Gasteiger partial charge on any atom is -0.491 e. The van der Waals surface area contributed by atoms with Gasteiger partial charge < -0.3 is 14.2 Å². The first-order valence-electron chi connectivity index (χ1n) is 11.0. The van der Waals surface area contributed by atoms with Crippen LogP contribution in [0, 0.1) is 0 Å². The van der Waals surface area contributed by atoms with Crippen molar-refractivity contribution in [2.75, 3.05) is 18.0 Å². The molecule has 0 radical (unpaired) electrons. The zero-order chi connectivity index (χ0) is 21.4. The number of pyridine rings is 1. The molecule has 2 aromatic heterocycles. The summed E-state index contributed by atoms with van der Waals surface area (Å²) in [6.45, 7) is 6.70. The Morgan fingerprint density at radius 1 is 1.16 bits per heavy atom. The molecule has 0 spiro atoms. The van der Waals surface area contributed by atoms with Crippen LogP contribution in [0.15, 0.2) is 47.8 Å². The average molecular weight is 417 g/mol. The van der Waals surface area contributed by atoms with Crippen molar-refractivity contribution in [2.24, 2.45) is 12.0 Å². The lowest BCUT2D eigenvalue weighted by Gasteiger charge is -2.33. The van der Waals surface area contributed by atoms with E-state index in [0.717, 1.165) is 60.2 Å². The molecule has 0 N–H and O–H groups in total. The van der Waals surface area contributed by atoms with Crippen molar-refractivity contribution in [1.82, 2.24) is 19.7 Å². The summed E-state index contributed by atoms with van der Waals surface area (Å²) >= 11 is 0. The Morgan fingerprint density at radius 2 is 2.06 bits per heavy atom. The van der Waals surface area contributed by atoms with Crippen molar-refractivity contribution < 1.29 is 4.74 Å². The molecular formula is C24H28N6O. The number of aryl methyl sites for hydroxylation is 1. The second-order valence-corrected chi connectivity index (χ2v) is 8.64. The second-order valence-electron chi connectivity index (χ2n) is 8.64. The summed E-state index contributed by atoms with van der Waals surface area (Å²) in [5.74, 6) is 3.30. The third kappa shape index (κ3) is 3.92. The van der Waals surface area contributed by atoms with Crippen molar-refractivity contribution >= 4 is 11.5 Å². The summed E-state index contributed by atoms with van der Waals surface area (Å²) in [6, 6.07) is 10.5. The molecule has 2 aliphatic heterocycles. The van der Waals surface area contributed by atoms with Gasteiger partial charge in [0.1, 0.15) is 23.7 Å². The van der Waals surface area contributed by atoms with Crippen LogP contribution in [0.5, 0.6) is 5.75 Å². The maximum Gasteiger partial charge on any atom is 0.137 e. The van der Waals surface area contributed by atoms with E-state index >= 15 is 0 Å². The molecule has 7 heteroatoms. The van der Waals surface area contributed by atoms with Crippen LogP contribution in [-0.4, -0.2) is 44.7 Å². The van der Waals surface area contributed by atoms with E-state index in [-0.39, 0.29) is 6.10 Å². The quantitative estimate of drug-likeness (QED) is 0.634. The average Bonchev–Trinajstić information content (AvgIpc) is 3.39. The van der Waals surface area contributed by atoms with Gasteiger partial charge in [-0.2, -0.15) is 0 Å². The summed E-state index contributed by atoms with van der Waals surface area (Å²) in [6.07, 6.45) is 6.06. The van der Waals surface area contributed by atoms with E-state index in [0.29, 0.717) is 12.5 Å². The highest BCUT2D eigenvalue weighted by molar-refractivity contribution is 6.15. The van der Waals surface area contributed by atoms with Gasteiger partial charge in [0.05, 0.1) is 18.4 Å². The molecule has 160 valence electrons. The van der Waals surface area contributed by atoms with Gasteiger partial charge in [-0.1, -0.05) is 6.07 Å². The topological polar surface area (TPSA) is 68.4 Å². The molecule has 31 heavy (non-hydrogen) atoms. The van der Waals surface area contributed by atoms with E-state index in [4.69, 9.17) is 9.73 Å². The van der Waals surface area contributed by atoms with Gasteiger partial charge in [-0.15, -0.1) is 10.2 Å². The van der Waals surface area contributed by atoms with E-state index in [2.05, 4.69) is 44.3 Å². The summed E-state index contributed by atoms with van der Waals surface area (Å²) in [5.41, 5.74) is 4.52. The first-order valence-corrected chi connectivity index (χ1v) is 11.0. The molecule has 0 aliphatic carbocycles. The van der Waals surface area contributed by atoms with Crippen molar-refractivity contribution in [3.8, 4) is 5.75 Å². The fourth-order valence-corrected chi connectivity index (χ4v) is 4.55. The van der Waals surface area contributed by atoms with E-state index in [1.54, 1.807) is 6.33 Å². The van der Waals surface area contributed by atoms with Crippen molar-refractivity contribution in [1.29, 1.82) is 0 Å². The molecule has 0 amide bonds. The number of anilines is 1. The molecule has 1 aromatic carbocycles. The van der Waals surface area contributed by atoms with Gasteiger partial charge in [0.15, 0.2) is 0 Å². The minimum atomic E-state index is 0.147. The number of aliphatic imine (C=N–C) groups is 1. The van der Waals surface area contributed by atoms with Gasteiger partial charge in [0, 0.05) is 43.4 Å². The van der Waals surface area contributed by atoms with E-state index < -0.39 is 0 Å². The Bertz CT molecular complexity index is 1120. The molecule has 3 aromatic rings. The van der Waals surface area contributed by atoms with E-state index in [1.165, 1.54) is 5.56 Å². The van der Waals surface area contributed by atoms with Gasteiger partial charge in [0.2, 0.25) is 0 Å². The fourth-order valence-electron chi connectivity index (χ4n) is 4.55. The lowest BCUT2D eigenvalue weighted by molar-refractivity contribution is 0.242. The highest BCUT2D eigenvalue weighted by Crippen LogP contribution is 2.31. The minimum absolute atomic E-state index is 0.147. The Hall–Kier alpha value is -3.22. The van der Waals surface area contributed by atoms with Crippen molar-refractivity contribution in [2.45, 2.75) is 45.3 Å². The Balaban J connectivity index is 1.40. The van der Waals surface area contributed by atoms with Crippen LogP contribution in [-0.2, 0) is 13.6 Å². The number of hydrogen-bond acceptors (Lipinski definition) is 6. The SMILES string of the molecule is CC(C)Oc1ccc2c(c1)C(c1ccnc(N3CCCC(c4nncn4C)C3)c1)=NC2. The number of ether oxygens (including phenoxy) is 1. The van der Waals surface area contributed by atoms with Crippen molar-refractivity contribution in [3.63, 3.8) is 0 Å². The van der Waals surface area contributed by atoms with Crippen LogP contribution in [0.3, 0.4) is 0 Å². The van der Waals surface area contributed by atoms with Crippen molar-refractivity contribution in [3.05, 3.63) is 65.4 Å². The number of benzene rings is 1. The number of rotatable bonds is 5. The van der Waals surface area contributed by atoms with E-state index in [9.17, 15) is 0 Å². The lowest BCUT2D eigenvalue weighted by Crippen LogP contribution is -2.35. The molecule has 1 atom stereocenters. The molecular weight excluding hydrogens is 388 g/mol. The fraction of sp³-hybridized carbons (Fsp3) is 0.417. The van der Waals surface area contributed by atoms with Crippen LogP contribution in [0.25, 0.3) is 0 Å². The standard InChI is InChI=1S/C24H28N6O/c1-16(2)31-20-7-6-18-13-26-23(21(18)12-20)17-8-9-25-22(11-17)30-10-4-5-19(14-30)24-28-27-15-29(24)3/h6-9,11-12,15-16,19H,4-5,10,13-14H2,1-3H3. The molecule has 0 bridgehead atoms. The predicted molar refractivity (Wildman–Crippen MR) is 121 cm³/mol. The zero-order valence-electron chi connectivity index (χ0n) is 18.3. The molecule has 0 saturated carbocycles. The summed E-state index contributed by atoms with van der Waals surface area (Å²) < 4.78 is 7.94. The first kappa shape index (κ1) is 19.7. The molecule has 4 heterocycles. The number of aromatic nitrogens is 4. The Labute approximate surface area is 182 Å². The molecule has 7 nitrogen and oxygen atoms in total. The number of fused-ring (bicyclic) bond motifs is 1. The van der Waals surface area contributed by atoms with Crippen LogP contribution in [0.2, 0.25) is 0 Å². The third-order valence-electron chi connectivity index (χ3n) is 5.99. The summed E-state index contributed by atoms with van der Waals surface area (Å²) in [5, 5.41) is 8.40. The number of nitrogens with zero attached hydrogens (tertiary/aromatic N) is 6. The number of piperidine rings is 1. The molecule has 1 unspecified atom stereocenters. The smallest absolute Gasteiger partial charge is 0.137 e. The van der Waals surface area contributed by atoms with Gasteiger partial charge >= 0.3 is 0 Å². The second kappa shape index (κ2) is 8.13. The van der Waals surface area contributed by atoms with Gasteiger partial charge in [0.25, 0.3) is 0 Å². The monoisotopic (exact) mass is 416 g/mol. The van der Waals surface area contributed by atoms with Gasteiger partial charge in [-0.05, 0) is 56.5 Å². The van der Waals surface area contributed by atoms with E-state index in [1.807, 2.05) is 37.7 Å².